The van der Waals surface area contributed by atoms with Crippen molar-refractivity contribution >= 4 is 18.0 Å². The first-order valence-electron chi connectivity index (χ1n) is 12.2. The number of rotatable bonds is 8. The van der Waals surface area contributed by atoms with Gasteiger partial charge in [0.2, 0.25) is 5.91 Å². The van der Waals surface area contributed by atoms with Gasteiger partial charge in [-0.3, -0.25) is 9.59 Å². The molecule has 2 atom stereocenters. The molecule has 0 spiro atoms. The van der Waals surface area contributed by atoms with Crippen LogP contribution in [0.3, 0.4) is 0 Å². The van der Waals surface area contributed by atoms with Gasteiger partial charge in [-0.2, -0.15) is 0 Å². The Kier molecular flexibility index (Phi) is 7.83. The zero-order chi connectivity index (χ0) is 23.9. The molecular formula is C27H32N2O5. The zero-order valence-corrected chi connectivity index (χ0v) is 19.3. The van der Waals surface area contributed by atoms with E-state index in [4.69, 9.17) is 4.74 Å². The van der Waals surface area contributed by atoms with Crippen molar-refractivity contribution in [1.82, 2.24) is 10.6 Å². The Morgan fingerprint density at radius 2 is 1.56 bits per heavy atom. The number of carboxylic acid groups (broad SMARTS) is 1. The topological polar surface area (TPSA) is 105 Å². The van der Waals surface area contributed by atoms with E-state index in [9.17, 15) is 19.5 Å². The summed E-state index contributed by atoms with van der Waals surface area (Å²) in [7, 11) is 0. The third-order valence-corrected chi connectivity index (χ3v) is 6.87. The van der Waals surface area contributed by atoms with Crippen molar-refractivity contribution in [1.29, 1.82) is 0 Å². The molecule has 0 aliphatic heterocycles. The molecule has 0 bridgehead atoms. The van der Waals surface area contributed by atoms with E-state index in [2.05, 4.69) is 34.9 Å². The van der Waals surface area contributed by atoms with Crippen molar-refractivity contribution < 1.29 is 24.2 Å². The lowest BCUT2D eigenvalue weighted by atomic mass is 9.94. The maximum atomic E-state index is 12.3. The Morgan fingerprint density at radius 3 is 2.24 bits per heavy atom. The van der Waals surface area contributed by atoms with Crippen LogP contribution in [0.15, 0.2) is 48.5 Å². The van der Waals surface area contributed by atoms with Crippen LogP contribution in [0.5, 0.6) is 0 Å². The molecule has 7 heteroatoms. The van der Waals surface area contributed by atoms with Gasteiger partial charge in [-0.15, -0.1) is 0 Å². The number of carbonyl (C=O) groups is 3. The molecule has 0 saturated heterocycles. The molecule has 0 heterocycles. The second-order valence-electron chi connectivity index (χ2n) is 9.11. The van der Waals surface area contributed by atoms with Crippen LogP contribution >= 0.6 is 0 Å². The molecular weight excluding hydrogens is 432 g/mol. The second kappa shape index (κ2) is 11.2. The van der Waals surface area contributed by atoms with Gasteiger partial charge in [0.25, 0.3) is 0 Å². The highest BCUT2D eigenvalue weighted by Crippen LogP contribution is 2.44. The van der Waals surface area contributed by atoms with E-state index in [1.54, 1.807) is 0 Å². The maximum absolute atomic E-state index is 12.3. The highest BCUT2D eigenvalue weighted by Gasteiger charge is 2.31. The molecule has 0 aromatic heterocycles. The van der Waals surface area contributed by atoms with E-state index in [1.807, 2.05) is 24.3 Å². The van der Waals surface area contributed by atoms with Crippen LogP contribution in [0.1, 0.15) is 62.0 Å². The van der Waals surface area contributed by atoms with Gasteiger partial charge in [0.15, 0.2) is 0 Å². The van der Waals surface area contributed by atoms with Crippen molar-refractivity contribution in [2.75, 3.05) is 13.2 Å². The molecule has 4 rings (SSSR count). The highest BCUT2D eigenvalue weighted by molar-refractivity contribution is 5.79. The van der Waals surface area contributed by atoms with Crippen molar-refractivity contribution in [2.24, 2.45) is 5.92 Å². The Hall–Kier alpha value is -3.35. The zero-order valence-electron chi connectivity index (χ0n) is 19.3. The van der Waals surface area contributed by atoms with Gasteiger partial charge in [0.05, 0.1) is 5.92 Å². The Balaban J connectivity index is 1.20. The van der Waals surface area contributed by atoms with E-state index in [1.165, 1.54) is 11.1 Å². The van der Waals surface area contributed by atoms with Crippen molar-refractivity contribution in [3.8, 4) is 11.1 Å². The Labute approximate surface area is 199 Å². The fourth-order valence-corrected chi connectivity index (χ4v) is 5.14. The molecule has 2 unspecified atom stereocenters. The first-order valence-corrected chi connectivity index (χ1v) is 12.2. The van der Waals surface area contributed by atoms with Crippen molar-refractivity contribution in [2.45, 2.75) is 56.9 Å². The summed E-state index contributed by atoms with van der Waals surface area (Å²) in [6.45, 7) is 0.565. The van der Waals surface area contributed by atoms with E-state index in [0.717, 1.165) is 30.4 Å². The van der Waals surface area contributed by atoms with Crippen LogP contribution in [-0.2, 0) is 14.3 Å². The number of hydrogen-bond donors (Lipinski definition) is 3. The third kappa shape index (κ3) is 5.58. The number of ether oxygens (including phenoxy) is 1. The number of carboxylic acids is 1. The van der Waals surface area contributed by atoms with Crippen LogP contribution < -0.4 is 10.6 Å². The Bertz CT molecular complexity index is 992. The van der Waals surface area contributed by atoms with Crippen LogP contribution in [0.2, 0.25) is 0 Å². The molecule has 1 fully saturated rings. The summed E-state index contributed by atoms with van der Waals surface area (Å²) in [6.07, 6.45) is 4.29. The lowest BCUT2D eigenvalue weighted by molar-refractivity contribution is -0.143. The molecule has 34 heavy (non-hydrogen) atoms. The second-order valence-corrected chi connectivity index (χ2v) is 9.11. The van der Waals surface area contributed by atoms with Gasteiger partial charge in [-0.1, -0.05) is 67.8 Å². The lowest BCUT2D eigenvalue weighted by Crippen LogP contribution is -2.43. The number of fused-ring (bicyclic) bond motifs is 3. The number of carbonyl (C=O) groups excluding carboxylic acids is 2. The van der Waals surface area contributed by atoms with Crippen LogP contribution in [0.4, 0.5) is 4.79 Å². The molecule has 2 aromatic carbocycles. The minimum Gasteiger partial charge on any atom is -0.481 e. The molecule has 7 nitrogen and oxygen atoms in total. The van der Waals surface area contributed by atoms with Gasteiger partial charge < -0.3 is 20.5 Å². The quantitative estimate of drug-likeness (QED) is 0.395. The summed E-state index contributed by atoms with van der Waals surface area (Å²) >= 11 is 0. The minimum atomic E-state index is -0.843. The SMILES string of the molecule is O=C(CCCNC(=O)OCC1c2ccccc2-c2ccccc21)NC1CCCCCC1C(=O)O. The largest absolute Gasteiger partial charge is 0.481 e. The van der Waals surface area contributed by atoms with E-state index in [0.29, 0.717) is 25.8 Å². The lowest BCUT2D eigenvalue weighted by Gasteiger charge is -2.22. The summed E-state index contributed by atoms with van der Waals surface area (Å²) in [5.74, 6) is -1.53. The third-order valence-electron chi connectivity index (χ3n) is 6.87. The van der Waals surface area contributed by atoms with E-state index in [-0.39, 0.29) is 30.9 Å². The summed E-state index contributed by atoms with van der Waals surface area (Å²) in [6, 6.07) is 16.0. The van der Waals surface area contributed by atoms with E-state index >= 15 is 0 Å². The number of benzene rings is 2. The molecule has 0 radical (unpaired) electrons. The maximum Gasteiger partial charge on any atom is 0.407 e. The average molecular weight is 465 g/mol. The van der Waals surface area contributed by atoms with Gasteiger partial charge in [0.1, 0.15) is 6.61 Å². The smallest absolute Gasteiger partial charge is 0.407 e. The number of amides is 2. The monoisotopic (exact) mass is 464 g/mol. The molecule has 180 valence electrons. The van der Waals surface area contributed by atoms with Crippen LogP contribution in [-0.4, -0.2) is 42.3 Å². The summed E-state index contributed by atoms with van der Waals surface area (Å²) < 4.78 is 5.51. The highest BCUT2D eigenvalue weighted by atomic mass is 16.5. The number of aliphatic carboxylic acids is 1. The minimum absolute atomic E-state index is 0.00526. The normalized spacial score (nSPS) is 19.4. The predicted octanol–water partition coefficient (Wildman–Crippen LogP) is 4.46. The predicted molar refractivity (Wildman–Crippen MR) is 128 cm³/mol. The molecule has 2 aliphatic carbocycles. The van der Waals surface area contributed by atoms with Crippen molar-refractivity contribution in [3.63, 3.8) is 0 Å². The average Bonchev–Trinajstić information content (AvgIpc) is 2.97. The van der Waals surface area contributed by atoms with Gasteiger partial charge in [-0.25, -0.2) is 4.79 Å². The summed E-state index contributed by atoms with van der Waals surface area (Å²) in [5.41, 5.74) is 4.67. The Morgan fingerprint density at radius 1 is 0.912 bits per heavy atom. The number of nitrogens with one attached hydrogen (secondary N) is 2. The first kappa shape index (κ1) is 23.8. The standard InChI is InChI=1S/C27H32N2O5/c30-25(29-24-14-3-1-2-13-22(24)26(31)32)15-8-16-28-27(33)34-17-23-20-11-6-4-9-18(20)19-10-5-7-12-21(19)23/h4-7,9-12,22-24H,1-3,8,13-17H2,(H,28,33)(H,29,30)(H,31,32). The molecule has 2 aliphatic rings. The van der Waals surface area contributed by atoms with Gasteiger partial charge in [0, 0.05) is 24.9 Å². The molecule has 2 amide bonds. The first-order chi connectivity index (χ1) is 16.5. The fourth-order valence-electron chi connectivity index (χ4n) is 5.14. The van der Waals surface area contributed by atoms with E-state index < -0.39 is 18.0 Å². The van der Waals surface area contributed by atoms with Gasteiger partial charge in [-0.05, 0) is 41.5 Å². The fraction of sp³-hybridized carbons (Fsp3) is 0.444. The molecule has 1 saturated carbocycles. The van der Waals surface area contributed by atoms with Crippen LogP contribution in [0.25, 0.3) is 11.1 Å². The van der Waals surface area contributed by atoms with Crippen LogP contribution in [0, 0.1) is 5.92 Å². The number of alkyl carbamates (subject to hydrolysis) is 1. The van der Waals surface area contributed by atoms with Gasteiger partial charge >= 0.3 is 12.1 Å². The molecule has 2 aromatic rings. The summed E-state index contributed by atoms with van der Waals surface area (Å²) in [4.78, 5) is 36.1. The number of hydrogen-bond acceptors (Lipinski definition) is 4. The van der Waals surface area contributed by atoms with Crippen molar-refractivity contribution in [3.05, 3.63) is 59.7 Å². The summed E-state index contributed by atoms with van der Waals surface area (Å²) in [5, 5.41) is 15.1. The molecule has 3 N–H and O–H groups in total.